The highest BCUT2D eigenvalue weighted by molar-refractivity contribution is 5.94. The number of benzene rings is 1. The Hall–Kier alpha value is -2.83. The van der Waals surface area contributed by atoms with Gasteiger partial charge in [0, 0.05) is 44.1 Å². The number of imidazole rings is 1. The van der Waals surface area contributed by atoms with Gasteiger partial charge in [0.1, 0.15) is 17.6 Å². The first kappa shape index (κ1) is 18.0. The number of aromatic nitrogens is 2. The number of hydrogen-bond acceptors (Lipinski definition) is 4. The van der Waals surface area contributed by atoms with E-state index in [1.54, 1.807) is 42.5 Å². The molecule has 0 saturated carbocycles. The molecule has 1 aromatic heterocycles. The second-order valence-electron chi connectivity index (χ2n) is 6.40. The Balaban J connectivity index is 1.59. The van der Waals surface area contributed by atoms with Gasteiger partial charge in [-0.3, -0.25) is 9.59 Å². The van der Waals surface area contributed by atoms with Crippen LogP contribution in [0.3, 0.4) is 0 Å². The predicted octanol–water partition coefficient (Wildman–Crippen LogP) is 1.75. The van der Waals surface area contributed by atoms with Crippen molar-refractivity contribution in [3.05, 3.63) is 48.0 Å². The van der Waals surface area contributed by atoms with E-state index >= 15 is 0 Å². The summed E-state index contributed by atoms with van der Waals surface area (Å²) in [5.41, 5.74) is 0.632. The zero-order valence-corrected chi connectivity index (χ0v) is 15.4. The van der Waals surface area contributed by atoms with Crippen molar-refractivity contribution >= 4 is 11.8 Å². The minimum atomic E-state index is -0.290. The van der Waals surface area contributed by atoms with Gasteiger partial charge in [-0.25, -0.2) is 4.98 Å². The summed E-state index contributed by atoms with van der Waals surface area (Å²) in [5, 5.41) is 0. The third kappa shape index (κ3) is 3.56. The average Bonchev–Trinajstić information content (AvgIpc) is 3.12. The Labute approximate surface area is 153 Å². The van der Waals surface area contributed by atoms with Crippen molar-refractivity contribution in [1.29, 1.82) is 0 Å². The molecular weight excluding hydrogens is 332 g/mol. The molecule has 2 heterocycles. The van der Waals surface area contributed by atoms with E-state index in [0.29, 0.717) is 31.7 Å². The van der Waals surface area contributed by atoms with E-state index in [2.05, 4.69) is 4.98 Å². The first-order valence-electron chi connectivity index (χ1n) is 8.73. The van der Waals surface area contributed by atoms with Gasteiger partial charge in [-0.05, 0) is 38.1 Å². The molecule has 0 bridgehead atoms. The maximum Gasteiger partial charge on any atom is 0.253 e. The number of nitrogens with zero attached hydrogens (tertiary/aromatic N) is 4. The van der Waals surface area contributed by atoms with E-state index in [1.165, 1.54) is 0 Å². The van der Waals surface area contributed by atoms with Gasteiger partial charge in [-0.1, -0.05) is 0 Å². The lowest BCUT2D eigenvalue weighted by molar-refractivity contribution is -0.135. The fraction of sp³-hybridized carbons (Fsp3) is 0.421. The fourth-order valence-electron chi connectivity index (χ4n) is 3.23. The Kier molecular flexibility index (Phi) is 5.25. The van der Waals surface area contributed by atoms with Crippen LogP contribution in [-0.4, -0.2) is 64.5 Å². The summed E-state index contributed by atoms with van der Waals surface area (Å²) in [7, 11) is 1.60. The van der Waals surface area contributed by atoms with Crippen LogP contribution in [0.15, 0.2) is 36.7 Å². The summed E-state index contributed by atoms with van der Waals surface area (Å²) in [6, 6.07) is 6.80. The molecule has 1 fully saturated rings. The summed E-state index contributed by atoms with van der Waals surface area (Å²) >= 11 is 0. The summed E-state index contributed by atoms with van der Waals surface area (Å²) in [6.07, 6.45) is 3.52. The Morgan fingerprint density at radius 1 is 1.08 bits per heavy atom. The van der Waals surface area contributed by atoms with Crippen LogP contribution in [0.5, 0.6) is 5.75 Å². The zero-order chi connectivity index (χ0) is 18.7. The van der Waals surface area contributed by atoms with Gasteiger partial charge in [0.05, 0.1) is 7.11 Å². The van der Waals surface area contributed by atoms with Crippen molar-refractivity contribution in [3.8, 4) is 5.75 Å². The maximum absolute atomic E-state index is 12.7. The molecule has 0 spiro atoms. The highest BCUT2D eigenvalue weighted by Crippen LogP contribution is 2.17. The van der Waals surface area contributed by atoms with Crippen LogP contribution >= 0.6 is 0 Å². The summed E-state index contributed by atoms with van der Waals surface area (Å²) in [6.45, 7) is 5.91. The van der Waals surface area contributed by atoms with Crippen LogP contribution in [0.1, 0.15) is 29.1 Å². The van der Waals surface area contributed by atoms with Crippen molar-refractivity contribution < 1.29 is 14.3 Å². The second-order valence-corrected chi connectivity index (χ2v) is 6.40. The Morgan fingerprint density at radius 3 is 2.23 bits per heavy atom. The van der Waals surface area contributed by atoms with E-state index < -0.39 is 0 Å². The van der Waals surface area contributed by atoms with Crippen LogP contribution in [0.2, 0.25) is 0 Å². The van der Waals surface area contributed by atoms with Crippen molar-refractivity contribution in [2.75, 3.05) is 33.3 Å². The molecule has 2 amide bonds. The van der Waals surface area contributed by atoms with Crippen LogP contribution in [0.4, 0.5) is 0 Å². The van der Waals surface area contributed by atoms with Crippen LogP contribution in [0, 0.1) is 6.92 Å². The number of carbonyl (C=O) groups is 2. The SMILES string of the molecule is COc1ccc(C(=O)N2CCN(C(=O)[C@H](C)n3ccnc3C)CC2)cc1. The minimum absolute atomic E-state index is 0.0155. The smallest absolute Gasteiger partial charge is 0.253 e. The van der Waals surface area contributed by atoms with E-state index in [-0.39, 0.29) is 17.9 Å². The van der Waals surface area contributed by atoms with Crippen molar-refractivity contribution in [2.24, 2.45) is 0 Å². The molecule has 1 aliphatic rings. The van der Waals surface area contributed by atoms with Gasteiger partial charge in [0.2, 0.25) is 5.91 Å². The first-order valence-corrected chi connectivity index (χ1v) is 8.73. The van der Waals surface area contributed by atoms with Crippen LogP contribution in [0.25, 0.3) is 0 Å². The summed E-state index contributed by atoms with van der Waals surface area (Å²) < 4.78 is 6.99. The highest BCUT2D eigenvalue weighted by Gasteiger charge is 2.28. The largest absolute Gasteiger partial charge is 0.497 e. The monoisotopic (exact) mass is 356 g/mol. The number of amides is 2. The molecule has 3 rings (SSSR count). The van der Waals surface area contributed by atoms with Crippen LogP contribution in [-0.2, 0) is 4.79 Å². The summed E-state index contributed by atoms with van der Waals surface area (Å²) in [5.74, 6) is 1.58. The normalized spacial score (nSPS) is 15.7. The van der Waals surface area contributed by atoms with Crippen molar-refractivity contribution in [2.45, 2.75) is 19.9 Å². The van der Waals surface area contributed by atoms with Gasteiger partial charge in [-0.15, -0.1) is 0 Å². The molecule has 1 atom stereocenters. The number of aryl methyl sites for hydroxylation is 1. The second kappa shape index (κ2) is 7.59. The number of rotatable bonds is 4. The predicted molar refractivity (Wildman–Crippen MR) is 97.2 cm³/mol. The quantitative estimate of drug-likeness (QED) is 0.837. The molecule has 26 heavy (non-hydrogen) atoms. The molecule has 0 aliphatic carbocycles. The molecule has 1 aliphatic heterocycles. The van der Waals surface area contributed by atoms with Gasteiger partial charge < -0.3 is 19.1 Å². The highest BCUT2D eigenvalue weighted by atomic mass is 16.5. The van der Waals surface area contributed by atoms with Crippen molar-refractivity contribution in [3.63, 3.8) is 0 Å². The molecule has 7 nitrogen and oxygen atoms in total. The lowest BCUT2D eigenvalue weighted by Gasteiger charge is -2.36. The third-order valence-electron chi connectivity index (χ3n) is 4.85. The number of ether oxygens (including phenoxy) is 1. The minimum Gasteiger partial charge on any atom is -0.497 e. The molecule has 1 aromatic carbocycles. The van der Waals surface area contributed by atoms with E-state index in [4.69, 9.17) is 4.74 Å². The maximum atomic E-state index is 12.7. The molecule has 7 heteroatoms. The fourth-order valence-corrected chi connectivity index (χ4v) is 3.23. The standard InChI is InChI=1S/C19H24N4O3/c1-14(23-9-8-20-15(23)2)18(24)21-10-12-22(13-11-21)19(25)16-4-6-17(26-3)7-5-16/h4-9,14H,10-13H2,1-3H3/t14-/m0/s1. The number of piperazine rings is 1. The van der Waals surface area contributed by atoms with Crippen LogP contribution < -0.4 is 4.74 Å². The third-order valence-corrected chi connectivity index (χ3v) is 4.85. The molecular formula is C19H24N4O3. The van der Waals surface area contributed by atoms with E-state index in [0.717, 1.165) is 11.6 Å². The average molecular weight is 356 g/mol. The molecule has 0 radical (unpaired) electrons. The van der Waals surface area contributed by atoms with Gasteiger partial charge in [0.15, 0.2) is 0 Å². The molecule has 0 unspecified atom stereocenters. The van der Waals surface area contributed by atoms with E-state index in [9.17, 15) is 9.59 Å². The van der Waals surface area contributed by atoms with Gasteiger partial charge in [0.25, 0.3) is 5.91 Å². The summed E-state index contributed by atoms with van der Waals surface area (Å²) in [4.78, 5) is 33.1. The number of methoxy groups -OCH3 is 1. The Bertz CT molecular complexity index is 776. The Morgan fingerprint density at radius 2 is 1.69 bits per heavy atom. The molecule has 0 N–H and O–H groups in total. The topological polar surface area (TPSA) is 67.7 Å². The molecule has 138 valence electrons. The van der Waals surface area contributed by atoms with E-state index in [1.807, 2.05) is 29.5 Å². The zero-order valence-electron chi connectivity index (χ0n) is 15.4. The molecule has 2 aromatic rings. The number of hydrogen-bond donors (Lipinski definition) is 0. The first-order chi connectivity index (χ1) is 12.5. The lowest BCUT2D eigenvalue weighted by atomic mass is 10.1. The van der Waals surface area contributed by atoms with Crippen molar-refractivity contribution in [1.82, 2.24) is 19.4 Å². The van der Waals surface area contributed by atoms with Gasteiger partial charge >= 0.3 is 0 Å². The lowest BCUT2D eigenvalue weighted by Crippen LogP contribution is -2.51. The van der Waals surface area contributed by atoms with Gasteiger partial charge in [-0.2, -0.15) is 0 Å². The molecule has 1 saturated heterocycles. The number of carbonyl (C=O) groups excluding carboxylic acids is 2.